The zero-order valence-electron chi connectivity index (χ0n) is 12.5. The minimum atomic E-state index is -0.0108. The average molecular weight is 314 g/mol. The van der Waals surface area contributed by atoms with Crippen LogP contribution in [0.5, 0.6) is 0 Å². The SMILES string of the molecule is Cc1cc(C)c(NC(=S)N(C)CC(=O)N(C)C)c(Cl)c1. The van der Waals surface area contributed by atoms with E-state index in [9.17, 15) is 4.79 Å². The molecule has 6 heteroatoms. The number of nitrogens with zero attached hydrogens (tertiary/aromatic N) is 2. The van der Waals surface area contributed by atoms with Gasteiger partial charge in [-0.3, -0.25) is 4.79 Å². The summed E-state index contributed by atoms with van der Waals surface area (Å²) >= 11 is 11.5. The number of benzene rings is 1. The number of hydrogen-bond donors (Lipinski definition) is 1. The number of carbonyl (C=O) groups is 1. The molecule has 1 aromatic rings. The predicted molar refractivity (Wildman–Crippen MR) is 88.5 cm³/mol. The molecule has 1 rings (SSSR count). The zero-order valence-corrected chi connectivity index (χ0v) is 14.0. The molecule has 1 N–H and O–H groups in total. The lowest BCUT2D eigenvalue weighted by atomic mass is 10.1. The van der Waals surface area contributed by atoms with Crippen LogP contribution in [0.15, 0.2) is 12.1 Å². The summed E-state index contributed by atoms with van der Waals surface area (Å²) < 4.78 is 0. The van der Waals surface area contributed by atoms with E-state index in [1.807, 2.05) is 26.0 Å². The lowest BCUT2D eigenvalue weighted by Crippen LogP contribution is -2.39. The van der Waals surface area contributed by atoms with E-state index in [1.165, 1.54) is 4.90 Å². The second-order valence-corrected chi connectivity index (χ2v) is 5.81. The third-order valence-corrected chi connectivity index (χ3v) is 3.59. The zero-order chi connectivity index (χ0) is 15.4. The number of aryl methyl sites for hydroxylation is 2. The van der Waals surface area contributed by atoms with Crippen molar-refractivity contribution in [2.45, 2.75) is 13.8 Å². The summed E-state index contributed by atoms with van der Waals surface area (Å²) in [6.07, 6.45) is 0. The molecule has 0 radical (unpaired) electrons. The monoisotopic (exact) mass is 313 g/mol. The lowest BCUT2D eigenvalue weighted by Gasteiger charge is -2.23. The molecular formula is C14H20ClN3OS. The molecule has 0 spiro atoms. The standard InChI is InChI=1S/C14H20ClN3OS/c1-9-6-10(2)13(11(15)7-9)16-14(20)18(5)8-12(19)17(3)4/h6-7H,8H2,1-5H3,(H,16,20). The highest BCUT2D eigenvalue weighted by atomic mass is 35.5. The van der Waals surface area contributed by atoms with Crippen LogP contribution in [-0.4, -0.2) is 48.5 Å². The molecular weight excluding hydrogens is 294 g/mol. The number of thiocarbonyl (C=S) groups is 1. The molecule has 0 fully saturated rings. The Labute approximate surface area is 130 Å². The summed E-state index contributed by atoms with van der Waals surface area (Å²) in [7, 11) is 5.20. The molecule has 0 saturated carbocycles. The van der Waals surface area contributed by atoms with E-state index in [2.05, 4.69) is 5.32 Å². The summed E-state index contributed by atoms with van der Waals surface area (Å²) in [6, 6.07) is 3.91. The van der Waals surface area contributed by atoms with E-state index in [0.717, 1.165) is 16.8 Å². The van der Waals surface area contributed by atoms with Crippen molar-refractivity contribution in [3.63, 3.8) is 0 Å². The molecule has 20 heavy (non-hydrogen) atoms. The van der Waals surface area contributed by atoms with Gasteiger partial charge in [-0.2, -0.15) is 0 Å². The molecule has 0 heterocycles. The quantitative estimate of drug-likeness (QED) is 0.870. The van der Waals surface area contributed by atoms with Gasteiger partial charge >= 0.3 is 0 Å². The van der Waals surface area contributed by atoms with Crippen molar-refractivity contribution in [1.29, 1.82) is 0 Å². The van der Waals surface area contributed by atoms with Gasteiger partial charge in [-0.05, 0) is 43.3 Å². The molecule has 0 aliphatic heterocycles. The highest BCUT2D eigenvalue weighted by Gasteiger charge is 2.13. The van der Waals surface area contributed by atoms with Crippen molar-refractivity contribution >= 4 is 40.5 Å². The maximum Gasteiger partial charge on any atom is 0.241 e. The Morgan fingerprint density at radius 3 is 2.40 bits per heavy atom. The normalized spacial score (nSPS) is 10.1. The van der Waals surface area contributed by atoms with Gasteiger partial charge < -0.3 is 15.1 Å². The molecule has 0 aliphatic rings. The van der Waals surface area contributed by atoms with Gasteiger partial charge in [0.25, 0.3) is 0 Å². The molecule has 1 amide bonds. The summed E-state index contributed by atoms with van der Waals surface area (Å²) in [5.41, 5.74) is 2.90. The molecule has 0 aliphatic carbocycles. The third-order valence-electron chi connectivity index (χ3n) is 2.88. The van der Waals surface area contributed by atoms with Crippen molar-refractivity contribution < 1.29 is 4.79 Å². The van der Waals surface area contributed by atoms with Crippen molar-refractivity contribution in [1.82, 2.24) is 9.80 Å². The summed E-state index contributed by atoms with van der Waals surface area (Å²) in [5.74, 6) is -0.0108. The van der Waals surface area contributed by atoms with Crippen molar-refractivity contribution in [2.24, 2.45) is 0 Å². The van der Waals surface area contributed by atoms with Crippen LogP contribution in [0.2, 0.25) is 5.02 Å². The van der Waals surface area contributed by atoms with E-state index in [4.69, 9.17) is 23.8 Å². The smallest absolute Gasteiger partial charge is 0.241 e. The second kappa shape index (κ2) is 6.90. The summed E-state index contributed by atoms with van der Waals surface area (Å²) in [5, 5.41) is 4.19. The Morgan fingerprint density at radius 1 is 1.30 bits per heavy atom. The molecule has 110 valence electrons. The van der Waals surface area contributed by atoms with Crippen molar-refractivity contribution in [3.8, 4) is 0 Å². The van der Waals surface area contributed by atoms with Crippen LogP contribution in [0, 0.1) is 13.8 Å². The number of rotatable bonds is 3. The van der Waals surface area contributed by atoms with Gasteiger partial charge in [0.1, 0.15) is 0 Å². The van der Waals surface area contributed by atoms with E-state index in [0.29, 0.717) is 10.1 Å². The molecule has 0 atom stereocenters. The van der Waals surface area contributed by atoms with Gasteiger partial charge in [-0.1, -0.05) is 17.7 Å². The first-order valence-corrected chi connectivity index (χ1v) is 7.00. The van der Waals surface area contributed by atoms with Gasteiger partial charge in [0.2, 0.25) is 5.91 Å². The van der Waals surface area contributed by atoms with Gasteiger partial charge in [-0.25, -0.2) is 0 Å². The van der Waals surface area contributed by atoms with Gasteiger partial charge in [0, 0.05) is 21.1 Å². The van der Waals surface area contributed by atoms with Crippen LogP contribution >= 0.6 is 23.8 Å². The molecule has 0 aromatic heterocycles. The highest BCUT2D eigenvalue weighted by Crippen LogP contribution is 2.27. The molecule has 0 bridgehead atoms. The third kappa shape index (κ3) is 4.35. The Balaban J connectivity index is 2.79. The molecule has 1 aromatic carbocycles. The Morgan fingerprint density at radius 2 is 1.90 bits per heavy atom. The number of nitrogens with one attached hydrogen (secondary N) is 1. The Bertz CT molecular complexity index is 508. The van der Waals surface area contributed by atoms with Crippen molar-refractivity contribution in [3.05, 3.63) is 28.3 Å². The van der Waals surface area contributed by atoms with Gasteiger partial charge in [-0.15, -0.1) is 0 Å². The van der Waals surface area contributed by atoms with Crippen LogP contribution in [0.25, 0.3) is 0 Å². The first-order chi connectivity index (χ1) is 9.22. The van der Waals surface area contributed by atoms with Gasteiger partial charge in [0.15, 0.2) is 5.11 Å². The van der Waals surface area contributed by atoms with E-state index in [-0.39, 0.29) is 12.5 Å². The van der Waals surface area contributed by atoms with E-state index >= 15 is 0 Å². The summed E-state index contributed by atoms with van der Waals surface area (Å²) in [4.78, 5) is 14.9. The largest absolute Gasteiger partial charge is 0.347 e. The number of halogens is 1. The number of anilines is 1. The average Bonchev–Trinajstić information content (AvgIpc) is 2.32. The fraction of sp³-hybridized carbons (Fsp3) is 0.429. The lowest BCUT2D eigenvalue weighted by molar-refractivity contribution is -0.128. The van der Waals surface area contributed by atoms with Crippen LogP contribution in [0.4, 0.5) is 5.69 Å². The van der Waals surface area contributed by atoms with Crippen molar-refractivity contribution in [2.75, 3.05) is 33.0 Å². The van der Waals surface area contributed by atoms with E-state index in [1.54, 1.807) is 26.0 Å². The second-order valence-electron chi connectivity index (χ2n) is 5.01. The first kappa shape index (κ1) is 16.7. The Hall–Kier alpha value is -1.33. The minimum absolute atomic E-state index is 0.0108. The van der Waals surface area contributed by atoms with Crippen LogP contribution in [0.1, 0.15) is 11.1 Å². The van der Waals surface area contributed by atoms with Crippen LogP contribution in [0.3, 0.4) is 0 Å². The number of likely N-dealkylation sites (N-methyl/N-ethyl adjacent to an activating group) is 2. The van der Waals surface area contributed by atoms with E-state index < -0.39 is 0 Å². The minimum Gasteiger partial charge on any atom is -0.347 e. The van der Waals surface area contributed by atoms with Crippen LogP contribution in [-0.2, 0) is 4.79 Å². The molecule has 4 nitrogen and oxygen atoms in total. The first-order valence-electron chi connectivity index (χ1n) is 6.21. The summed E-state index contributed by atoms with van der Waals surface area (Å²) in [6.45, 7) is 4.18. The Kier molecular flexibility index (Phi) is 5.77. The molecule has 0 saturated heterocycles. The maximum atomic E-state index is 11.7. The fourth-order valence-electron chi connectivity index (χ4n) is 1.69. The van der Waals surface area contributed by atoms with Gasteiger partial charge in [0.05, 0.1) is 17.3 Å². The molecule has 0 unspecified atom stereocenters. The number of carbonyl (C=O) groups excluding carboxylic acids is 1. The fourth-order valence-corrected chi connectivity index (χ4v) is 2.23. The topological polar surface area (TPSA) is 35.6 Å². The predicted octanol–water partition coefficient (Wildman–Crippen LogP) is 2.67. The maximum absolute atomic E-state index is 11.7. The number of hydrogen-bond acceptors (Lipinski definition) is 2. The highest BCUT2D eigenvalue weighted by molar-refractivity contribution is 7.80. The number of amides is 1. The van der Waals surface area contributed by atoms with Crippen LogP contribution < -0.4 is 5.32 Å².